The molecule has 0 aliphatic rings. The number of hydrazone groups is 1. The van der Waals surface area contributed by atoms with Gasteiger partial charge in [-0.25, -0.2) is 5.43 Å². The van der Waals surface area contributed by atoms with E-state index in [2.05, 4.69) is 10.5 Å². The number of nitrogens with zero attached hydrogens (tertiary/aromatic N) is 1. The number of carbonyl (C=O) groups excluding carboxylic acids is 1. The summed E-state index contributed by atoms with van der Waals surface area (Å²) in [5.74, 6) is 1.02. The van der Waals surface area contributed by atoms with Gasteiger partial charge in [-0.15, -0.1) is 0 Å². The molecular formula is C18H20N2O4. The highest BCUT2D eigenvalue weighted by Gasteiger charge is 2.09. The van der Waals surface area contributed by atoms with Gasteiger partial charge < -0.3 is 14.6 Å². The lowest BCUT2D eigenvalue weighted by molar-refractivity contribution is -0.120. The van der Waals surface area contributed by atoms with Gasteiger partial charge in [-0.05, 0) is 36.8 Å². The summed E-state index contributed by atoms with van der Waals surface area (Å²) in [5.41, 5.74) is 4.36. The van der Waals surface area contributed by atoms with E-state index in [9.17, 15) is 9.90 Å². The van der Waals surface area contributed by atoms with Gasteiger partial charge in [0.15, 0.2) is 11.5 Å². The fourth-order valence-electron chi connectivity index (χ4n) is 2.20. The third-order valence-electron chi connectivity index (χ3n) is 3.45. The predicted molar refractivity (Wildman–Crippen MR) is 91.7 cm³/mol. The van der Waals surface area contributed by atoms with Crippen molar-refractivity contribution in [1.29, 1.82) is 0 Å². The van der Waals surface area contributed by atoms with E-state index in [0.717, 1.165) is 5.56 Å². The van der Waals surface area contributed by atoms with Gasteiger partial charge in [0, 0.05) is 5.56 Å². The van der Waals surface area contributed by atoms with Crippen molar-refractivity contribution in [2.75, 3.05) is 14.2 Å². The summed E-state index contributed by atoms with van der Waals surface area (Å²) < 4.78 is 10.4. The van der Waals surface area contributed by atoms with E-state index in [-0.39, 0.29) is 18.1 Å². The Bertz CT molecular complexity index is 756. The van der Waals surface area contributed by atoms with Gasteiger partial charge in [0.25, 0.3) is 0 Å². The Balaban J connectivity index is 2.03. The van der Waals surface area contributed by atoms with Crippen LogP contribution < -0.4 is 14.9 Å². The Hall–Kier alpha value is -3.02. The number of phenols is 1. The molecule has 0 fully saturated rings. The van der Waals surface area contributed by atoms with Crippen molar-refractivity contribution >= 4 is 11.6 Å². The maximum atomic E-state index is 12.0. The number of hydrogen-bond acceptors (Lipinski definition) is 5. The van der Waals surface area contributed by atoms with Crippen molar-refractivity contribution in [2.45, 2.75) is 13.3 Å². The molecule has 0 radical (unpaired) electrons. The Kier molecular flexibility index (Phi) is 5.78. The average molecular weight is 328 g/mol. The van der Waals surface area contributed by atoms with E-state index in [0.29, 0.717) is 22.8 Å². The Morgan fingerprint density at radius 1 is 1.12 bits per heavy atom. The molecular weight excluding hydrogens is 308 g/mol. The molecule has 0 spiro atoms. The van der Waals surface area contributed by atoms with E-state index in [4.69, 9.17) is 9.47 Å². The topological polar surface area (TPSA) is 80.2 Å². The SMILES string of the molecule is COc1ccc(CC(=O)N/N=C(\C)c2ccccc2O)cc1OC. The molecule has 0 heterocycles. The van der Waals surface area contributed by atoms with Crippen LogP contribution in [0.25, 0.3) is 0 Å². The molecule has 0 aliphatic carbocycles. The maximum absolute atomic E-state index is 12.0. The minimum Gasteiger partial charge on any atom is -0.507 e. The fraction of sp³-hybridized carbons (Fsp3) is 0.222. The Morgan fingerprint density at radius 3 is 2.50 bits per heavy atom. The van der Waals surface area contributed by atoms with Crippen molar-refractivity contribution in [2.24, 2.45) is 5.10 Å². The predicted octanol–water partition coefficient (Wildman–Crippen LogP) is 2.49. The summed E-state index contributed by atoms with van der Waals surface area (Å²) in [7, 11) is 3.10. The normalized spacial score (nSPS) is 11.0. The minimum atomic E-state index is -0.267. The second-order valence-corrected chi connectivity index (χ2v) is 5.12. The van der Waals surface area contributed by atoms with Crippen LogP contribution in [0.2, 0.25) is 0 Å². The van der Waals surface area contributed by atoms with Crippen LogP contribution in [0.3, 0.4) is 0 Å². The zero-order valence-corrected chi connectivity index (χ0v) is 13.9. The quantitative estimate of drug-likeness (QED) is 0.631. The smallest absolute Gasteiger partial charge is 0.244 e. The number of phenolic OH excluding ortho intramolecular Hbond substituents is 1. The molecule has 2 aromatic rings. The van der Waals surface area contributed by atoms with Crippen LogP contribution in [0.1, 0.15) is 18.1 Å². The Morgan fingerprint density at radius 2 is 1.83 bits per heavy atom. The van der Waals surface area contributed by atoms with Crippen LogP contribution in [-0.2, 0) is 11.2 Å². The first-order valence-electron chi connectivity index (χ1n) is 7.37. The first kappa shape index (κ1) is 17.3. The summed E-state index contributed by atoms with van der Waals surface area (Å²) in [6.45, 7) is 1.71. The van der Waals surface area contributed by atoms with Crippen molar-refractivity contribution in [3.8, 4) is 17.2 Å². The largest absolute Gasteiger partial charge is 0.507 e. The number of aromatic hydroxyl groups is 1. The van der Waals surface area contributed by atoms with Crippen molar-refractivity contribution in [1.82, 2.24) is 5.43 Å². The van der Waals surface area contributed by atoms with E-state index < -0.39 is 0 Å². The first-order valence-corrected chi connectivity index (χ1v) is 7.37. The average Bonchev–Trinajstić information content (AvgIpc) is 2.60. The van der Waals surface area contributed by atoms with Gasteiger partial charge in [-0.1, -0.05) is 18.2 Å². The molecule has 6 heteroatoms. The third kappa shape index (κ3) is 4.25. The molecule has 126 valence electrons. The molecule has 24 heavy (non-hydrogen) atoms. The monoisotopic (exact) mass is 328 g/mol. The lowest BCUT2D eigenvalue weighted by Crippen LogP contribution is -2.21. The molecule has 1 amide bonds. The van der Waals surface area contributed by atoms with Gasteiger partial charge in [-0.2, -0.15) is 5.10 Å². The molecule has 2 N–H and O–H groups in total. The van der Waals surface area contributed by atoms with E-state index >= 15 is 0 Å². The zero-order valence-electron chi connectivity index (χ0n) is 13.9. The molecule has 6 nitrogen and oxygen atoms in total. The fourth-order valence-corrected chi connectivity index (χ4v) is 2.20. The first-order chi connectivity index (χ1) is 11.5. The molecule has 0 atom stereocenters. The number of amides is 1. The van der Waals surface area contributed by atoms with E-state index in [1.165, 1.54) is 0 Å². The second-order valence-electron chi connectivity index (χ2n) is 5.12. The summed E-state index contributed by atoms with van der Waals surface area (Å²) in [5, 5.41) is 13.8. The highest BCUT2D eigenvalue weighted by atomic mass is 16.5. The number of ether oxygens (including phenoxy) is 2. The van der Waals surface area contributed by atoms with Crippen LogP contribution in [0, 0.1) is 0 Å². The van der Waals surface area contributed by atoms with Crippen LogP contribution in [0.5, 0.6) is 17.2 Å². The number of para-hydroxylation sites is 1. The summed E-state index contributed by atoms with van der Waals surface area (Å²) in [4.78, 5) is 12.0. The zero-order chi connectivity index (χ0) is 17.5. The molecule has 0 saturated heterocycles. The van der Waals surface area contributed by atoms with Crippen LogP contribution in [0.15, 0.2) is 47.6 Å². The van der Waals surface area contributed by atoms with Gasteiger partial charge in [0.05, 0.1) is 26.4 Å². The highest BCUT2D eigenvalue weighted by Crippen LogP contribution is 2.27. The van der Waals surface area contributed by atoms with Crippen molar-refractivity contribution < 1.29 is 19.4 Å². The molecule has 0 unspecified atom stereocenters. The molecule has 2 rings (SSSR count). The van der Waals surface area contributed by atoms with Gasteiger partial charge in [-0.3, -0.25) is 4.79 Å². The number of carbonyl (C=O) groups is 1. The van der Waals surface area contributed by atoms with Gasteiger partial charge >= 0.3 is 0 Å². The number of hydrogen-bond donors (Lipinski definition) is 2. The molecule has 0 bridgehead atoms. The summed E-state index contributed by atoms with van der Waals surface area (Å²) in [6, 6.07) is 12.1. The van der Waals surface area contributed by atoms with E-state index in [1.807, 2.05) is 0 Å². The number of rotatable bonds is 6. The molecule has 0 aromatic heterocycles. The molecule has 2 aromatic carbocycles. The standard InChI is InChI=1S/C18H20N2O4/c1-12(14-6-4-5-7-15(14)21)19-20-18(22)11-13-8-9-16(23-2)17(10-13)24-3/h4-10,21H,11H2,1-3H3,(H,20,22)/b19-12+. The number of methoxy groups -OCH3 is 2. The second kappa shape index (κ2) is 8.01. The molecule has 0 saturated carbocycles. The van der Waals surface area contributed by atoms with Gasteiger partial charge in [0.2, 0.25) is 5.91 Å². The lowest BCUT2D eigenvalue weighted by atomic mass is 10.1. The summed E-state index contributed by atoms with van der Waals surface area (Å²) >= 11 is 0. The third-order valence-corrected chi connectivity index (χ3v) is 3.45. The minimum absolute atomic E-state index is 0.118. The van der Waals surface area contributed by atoms with Crippen molar-refractivity contribution in [3.05, 3.63) is 53.6 Å². The van der Waals surface area contributed by atoms with Crippen molar-refractivity contribution in [3.63, 3.8) is 0 Å². The maximum Gasteiger partial charge on any atom is 0.244 e. The Labute approximate surface area is 140 Å². The number of benzene rings is 2. The van der Waals surface area contributed by atoms with Gasteiger partial charge in [0.1, 0.15) is 5.75 Å². The van der Waals surface area contributed by atoms with E-state index in [1.54, 1.807) is 63.6 Å². The van der Waals surface area contributed by atoms with Crippen LogP contribution >= 0.6 is 0 Å². The van der Waals surface area contributed by atoms with Crippen LogP contribution in [-0.4, -0.2) is 30.9 Å². The highest BCUT2D eigenvalue weighted by molar-refractivity contribution is 6.01. The number of nitrogens with one attached hydrogen (secondary N) is 1. The lowest BCUT2D eigenvalue weighted by Gasteiger charge is -2.09. The summed E-state index contributed by atoms with van der Waals surface area (Å²) in [6.07, 6.45) is 0.151. The van der Waals surface area contributed by atoms with Crippen LogP contribution in [0.4, 0.5) is 0 Å². The molecule has 0 aliphatic heterocycles.